The van der Waals surface area contributed by atoms with E-state index >= 15 is 0 Å². The lowest BCUT2D eigenvalue weighted by Gasteiger charge is -2.61. The number of benzene rings is 1. The molecule has 10 heteroatoms. The Morgan fingerprint density at radius 2 is 2.00 bits per heavy atom. The minimum atomic E-state index is -1.11. The van der Waals surface area contributed by atoms with Gasteiger partial charge in [-0.3, -0.25) is 9.59 Å². The van der Waals surface area contributed by atoms with Crippen molar-refractivity contribution in [2.24, 2.45) is 23.2 Å². The van der Waals surface area contributed by atoms with Crippen LogP contribution in [0.1, 0.15) is 70.8 Å². The minimum absolute atomic E-state index is 0.0207. The van der Waals surface area contributed by atoms with E-state index < -0.39 is 18.2 Å². The Kier molecular flexibility index (Phi) is 12.2. The summed E-state index contributed by atoms with van der Waals surface area (Å²) in [6, 6.07) is 2.78. The molecule has 5 rings (SSSR count). The summed E-state index contributed by atoms with van der Waals surface area (Å²) in [5.41, 5.74) is 1.29. The number of methoxy groups -OCH3 is 1. The van der Waals surface area contributed by atoms with Crippen molar-refractivity contribution in [3.8, 4) is 11.5 Å². The fraction of sp³-hybridized carbons (Fsp3) is 0.647. The Morgan fingerprint density at radius 1 is 1.23 bits per heavy atom. The molecule has 0 saturated heterocycles. The molecule has 2 amide bonds. The van der Waals surface area contributed by atoms with Crippen LogP contribution in [-0.2, 0) is 16.2 Å². The van der Waals surface area contributed by atoms with Crippen LogP contribution in [0.2, 0.25) is 0 Å². The van der Waals surface area contributed by atoms with Crippen LogP contribution in [0.5, 0.6) is 11.5 Å². The maximum Gasteiger partial charge on any atom is 0.247 e. The second-order valence-electron chi connectivity index (χ2n) is 13.1. The molecule has 4 aliphatic carbocycles. The van der Waals surface area contributed by atoms with Gasteiger partial charge in [-0.05, 0) is 108 Å². The molecule has 0 aromatic heterocycles. The number of allylic oxidation sites excluding steroid dienone is 1. The van der Waals surface area contributed by atoms with Gasteiger partial charge in [0.15, 0.2) is 11.5 Å². The number of unbranched alkanes of at least 4 members (excludes halogenated alkanes) is 2. The lowest BCUT2D eigenvalue weighted by Crippen LogP contribution is -2.59. The maximum absolute atomic E-state index is 14.0. The Hall–Kier alpha value is -2.15. The van der Waals surface area contributed by atoms with E-state index in [-0.39, 0.29) is 43.4 Å². The highest BCUT2D eigenvalue weighted by molar-refractivity contribution is 14.1. The Bertz CT molecular complexity index is 1220. The summed E-state index contributed by atoms with van der Waals surface area (Å²) in [4.78, 5) is 29.1. The van der Waals surface area contributed by atoms with Crippen LogP contribution in [0.3, 0.4) is 0 Å². The third-order valence-corrected chi connectivity index (χ3v) is 10.9. The number of carbonyl (C=O) groups excluding carboxylic acids is 2. The summed E-state index contributed by atoms with van der Waals surface area (Å²) in [6.07, 6.45) is 7.75. The summed E-state index contributed by atoms with van der Waals surface area (Å²) < 4.78 is 12.7. The highest BCUT2D eigenvalue weighted by Crippen LogP contribution is 2.61. The van der Waals surface area contributed by atoms with Crippen LogP contribution in [0.4, 0.5) is 0 Å². The number of aliphatic hydroxyl groups excluding tert-OH is 3. The van der Waals surface area contributed by atoms with Crippen molar-refractivity contribution in [3.63, 3.8) is 0 Å². The standard InChI is InChI=1S/C34H49IN2O7/c1-5-6-7-8-9-30(40)37(19-22-10-11-24-18-25(22)34(24,2)3)27-16-23(33(42)36-12-13-38)17-28(31(27)41)44-32-26(35)14-21(20-39)15-29(32)43-4/h5,14-15,17,22,24-25,27-28,31,38-39,41H,1,6-13,16,18-20H2,2-4H3,(H,36,42)/t22-,24-,25-,27+,28-,31-/m0/s1. The topological polar surface area (TPSA) is 129 Å². The number of aliphatic hydroxyl groups is 3. The zero-order valence-electron chi connectivity index (χ0n) is 26.3. The summed E-state index contributed by atoms with van der Waals surface area (Å²) in [5.74, 6) is 1.97. The predicted molar refractivity (Wildman–Crippen MR) is 177 cm³/mol. The molecular formula is C34H49IN2O7. The Morgan fingerprint density at radius 3 is 2.64 bits per heavy atom. The summed E-state index contributed by atoms with van der Waals surface area (Å²) >= 11 is 2.10. The van der Waals surface area contributed by atoms with Gasteiger partial charge in [-0.25, -0.2) is 0 Å². The van der Waals surface area contributed by atoms with E-state index in [0.717, 1.165) is 38.0 Å². The summed E-state index contributed by atoms with van der Waals surface area (Å²) in [7, 11) is 1.51. The molecule has 0 unspecified atom stereocenters. The van der Waals surface area contributed by atoms with Crippen molar-refractivity contribution >= 4 is 34.4 Å². The molecule has 244 valence electrons. The van der Waals surface area contributed by atoms with E-state index in [2.05, 4.69) is 48.3 Å². The lowest BCUT2D eigenvalue weighted by molar-refractivity contribution is -0.148. The van der Waals surface area contributed by atoms with E-state index in [1.165, 1.54) is 13.5 Å². The van der Waals surface area contributed by atoms with E-state index in [1.54, 1.807) is 18.2 Å². The number of nitrogens with one attached hydrogen (secondary N) is 1. The van der Waals surface area contributed by atoms with Gasteiger partial charge in [0.1, 0.15) is 12.2 Å². The number of nitrogens with zero attached hydrogens (tertiary/aromatic N) is 1. The van der Waals surface area contributed by atoms with E-state index in [4.69, 9.17) is 9.47 Å². The molecule has 3 saturated carbocycles. The first-order valence-corrected chi connectivity index (χ1v) is 17.0. The number of halogens is 1. The van der Waals surface area contributed by atoms with E-state index in [1.807, 2.05) is 11.0 Å². The molecule has 44 heavy (non-hydrogen) atoms. The molecule has 1 aromatic rings. The first kappa shape index (κ1) is 34.7. The van der Waals surface area contributed by atoms with Crippen molar-refractivity contribution < 1.29 is 34.4 Å². The third-order valence-electron chi connectivity index (χ3n) is 10.1. The highest BCUT2D eigenvalue weighted by atomic mass is 127. The van der Waals surface area contributed by atoms with Crippen LogP contribution >= 0.6 is 22.6 Å². The minimum Gasteiger partial charge on any atom is -0.493 e. The van der Waals surface area contributed by atoms with Gasteiger partial charge in [-0.2, -0.15) is 0 Å². The monoisotopic (exact) mass is 724 g/mol. The zero-order valence-corrected chi connectivity index (χ0v) is 28.4. The van der Waals surface area contributed by atoms with Gasteiger partial charge in [0.25, 0.3) is 0 Å². The van der Waals surface area contributed by atoms with Crippen LogP contribution < -0.4 is 14.8 Å². The quantitative estimate of drug-likeness (QED) is 0.120. The van der Waals surface area contributed by atoms with Gasteiger partial charge in [0, 0.05) is 31.5 Å². The molecule has 0 radical (unpaired) electrons. The lowest BCUT2D eigenvalue weighted by atomic mass is 9.45. The maximum atomic E-state index is 14.0. The van der Waals surface area contributed by atoms with E-state index in [0.29, 0.717) is 51.0 Å². The van der Waals surface area contributed by atoms with Crippen molar-refractivity contribution in [1.82, 2.24) is 10.2 Å². The first-order valence-electron chi connectivity index (χ1n) is 15.9. The van der Waals surface area contributed by atoms with Crippen LogP contribution in [0.15, 0.2) is 36.4 Å². The molecular weight excluding hydrogens is 675 g/mol. The van der Waals surface area contributed by atoms with Gasteiger partial charge in [-0.1, -0.05) is 19.9 Å². The fourth-order valence-corrected chi connectivity index (χ4v) is 8.25. The number of rotatable bonds is 15. The summed E-state index contributed by atoms with van der Waals surface area (Å²) in [5, 5.41) is 33.7. The largest absolute Gasteiger partial charge is 0.493 e. The second-order valence-corrected chi connectivity index (χ2v) is 14.2. The molecule has 1 aromatic carbocycles. The Labute approximate surface area is 275 Å². The molecule has 0 spiro atoms. The molecule has 4 aliphatic rings. The number of amides is 2. The van der Waals surface area contributed by atoms with Crippen molar-refractivity contribution in [1.29, 1.82) is 0 Å². The zero-order chi connectivity index (χ0) is 32.0. The highest BCUT2D eigenvalue weighted by Gasteiger charge is 2.55. The number of hydrogen-bond acceptors (Lipinski definition) is 7. The molecule has 6 atom stereocenters. The van der Waals surface area contributed by atoms with Crippen molar-refractivity contribution in [3.05, 3.63) is 45.6 Å². The number of ether oxygens (including phenoxy) is 2. The van der Waals surface area contributed by atoms with Gasteiger partial charge < -0.3 is 35.0 Å². The van der Waals surface area contributed by atoms with Gasteiger partial charge in [-0.15, -0.1) is 6.58 Å². The average molecular weight is 725 g/mol. The third kappa shape index (κ3) is 7.62. The van der Waals surface area contributed by atoms with Crippen LogP contribution in [-0.4, -0.2) is 77.1 Å². The smallest absolute Gasteiger partial charge is 0.247 e. The predicted octanol–water partition coefficient (Wildman–Crippen LogP) is 4.35. The van der Waals surface area contributed by atoms with Crippen molar-refractivity contribution in [2.75, 3.05) is 26.8 Å². The first-order chi connectivity index (χ1) is 21.0. The van der Waals surface area contributed by atoms with Gasteiger partial charge in [0.05, 0.1) is 29.9 Å². The molecule has 0 heterocycles. The van der Waals surface area contributed by atoms with Crippen molar-refractivity contribution in [2.45, 2.75) is 90.1 Å². The normalized spacial score (nSPS) is 27.0. The van der Waals surface area contributed by atoms with Gasteiger partial charge in [0.2, 0.25) is 11.8 Å². The Balaban J connectivity index is 1.67. The summed E-state index contributed by atoms with van der Waals surface area (Å²) in [6.45, 7) is 8.72. The molecule has 0 aliphatic heterocycles. The molecule has 3 fully saturated rings. The number of fused-ring (bicyclic) bond motifs is 2. The van der Waals surface area contributed by atoms with Crippen LogP contribution in [0, 0.1) is 26.7 Å². The van der Waals surface area contributed by atoms with Crippen LogP contribution in [0.25, 0.3) is 0 Å². The molecule has 9 nitrogen and oxygen atoms in total. The SMILES string of the molecule is C=CCCCCC(=O)N(C[C@@H]1CC[C@H]2C[C@@H]1C2(C)C)[C@@H]1CC(C(=O)NCCO)=C[C@H](Oc2c(I)cc(CO)cc2OC)[C@H]1O. The number of hydrogen-bond donors (Lipinski definition) is 4. The number of carbonyl (C=O) groups is 2. The average Bonchev–Trinajstić information content (AvgIpc) is 3.02. The molecule has 2 bridgehead atoms. The second kappa shape index (κ2) is 15.4. The fourth-order valence-electron chi connectivity index (χ4n) is 7.46. The van der Waals surface area contributed by atoms with E-state index in [9.17, 15) is 24.9 Å². The van der Waals surface area contributed by atoms with Gasteiger partial charge >= 0.3 is 0 Å². The molecule has 4 N–H and O–H groups in total.